The van der Waals surface area contributed by atoms with E-state index in [9.17, 15) is 0 Å². The average molecular weight is 303 g/mol. The van der Waals surface area contributed by atoms with Gasteiger partial charge >= 0.3 is 0 Å². The van der Waals surface area contributed by atoms with E-state index in [1.807, 2.05) is 25.1 Å². The van der Waals surface area contributed by atoms with E-state index < -0.39 is 0 Å². The first-order valence-electron chi connectivity index (χ1n) is 4.96. The van der Waals surface area contributed by atoms with Gasteiger partial charge in [-0.2, -0.15) is 0 Å². The average Bonchev–Trinajstić information content (AvgIpc) is 2.17. The molecule has 0 amide bonds. The van der Waals surface area contributed by atoms with Crippen LogP contribution in [0.15, 0.2) is 27.6 Å². The normalized spacial score (nSPS) is 12.4. The number of rotatable bonds is 5. The Morgan fingerprint density at radius 1 is 1.62 bits per heavy atom. The van der Waals surface area contributed by atoms with Crippen LogP contribution in [0.25, 0.3) is 0 Å². The van der Waals surface area contributed by atoms with E-state index in [4.69, 9.17) is 16.2 Å². The van der Waals surface area contributed by atoms with Crippen LogP contribution >= 0.6 is 27.7 Å². The Kier molecular flexibility index (Phi) is 5.31. The Hall–Kier alpha value is -0.520. The maximum atomic E-state index is 8.86. The van der Waals surface area contributed by atoms with E-state index >= 15 is 0 Å². The van der Waals surface area contributed by atoms with E-state index in [1.165, 1.54) is 0 Å². The molecular weight excluding hydrogens is 288 g/mol. The summed E-state index contributed by atoms with van der Waals surface area (Å²) in [5.41, 5.74) is 6.29. The lowest BCUT2D eigenvalue weighted by molar-refractivity contribution is 0.289. The van der Waals surface area contributed by atoms with Gasteiger partial charge in [-0.1, -0.05) is 13.0 Å². The molecule has 0 aliphatic carbocycles. The summed E-state index contributed by atoms with van der Waals surface area (Å²) in [5.74, 6) is 0.0613. The second-order valence-corrected chi connectivity index (χ2v) is 5.80. The lowest BCUT2D eigenvalue weighted by atomic mass is 10.2. The number of thioether (sulfide) groups is 1. The number of hydrogen-bond acceptors (Lipinski definition) is 3. The van der Waals surface area contributed by atoms with Crippen molar-refractivity contribution in [1.82, 2.24) is 0 Å². The zero-order valence-electron chi connectivity index (χ0n) is 9.03. The monoisotopic (exact) mass is 302 g/mol. The Morgan fingerprint density at radius 3 is 2.88 bits per heavy atom. The smallest absolute Gasteiger partial charge is 0.125 e. The van der Waals surface area contributed by atoms with Gasteiger partial charge in [-0.25, -0.2) is 0 Å². The molecule has 16 heavy (non-hydrogen) atoms. The number of amidine groups is 1. The quantitative estimate of drug-likeness (QED) is 0.445. The van der Waals surface area contributed by atoms with Crippen LogP contribution in [-0.4, -0.2) is 22.8 Å². The standard InChI is InChI=1S/C11H15BrN2OS/c1-7(5-6-15)16-9-4-2-3-8(12)10(9)11(13)14/h2-4,7,15H,5-6H2,1H3,(H3,13,14). The highest BCUT2D eigenvalue weighted by Gasteiger charge is 2.12. The molecule has 0 aliphatic heterocycles. The van der Waals surface area contributed by atoms with Crippen LogP contribution in [0, 0.1) is 5.41 Å². The molecule has 0 saturated heterocycles. The van der Waals surface area contributed by atoms with Gasteiger partial charge in [0, 0.05) is 26.8 Å². The minimum absolute atomic E-state index is 0.0613. The summed E-state index contributed by atoms with van der Waals surface area (Å²) in [6, 6.07) is 5.74. The molecule has 5 heteroatoms. The molecule has 1 aromatic carbocycles. The summed E-state index contributed by atoms with van der Waals surface area (Å²) in [7, 11) is 0. The van der Waals surface area contributed by atoms with E-state index in [0.29, 0.717) is 5.25 Å². The van der Waals surface area contributed by atoms with Gasteiger partial charge in [0.25, 0.3) is 0 Å². The predicted molar refractivity (Wildman–Crippen MR) is 72.2 cm³/mol. The van der Waals surface area contributed by atoms with E-state index in [-0.39, 0.29) is 12.4 Å². The molecule has 0 spiro atoms. The van der Waals surface area contributed by atoms with Crippen molar-refractivity contribution in [2.24, 2.45) is 5.73 Å². The number of hydrogen-bond donors (Lipinski definition) is 3. The first-order valence-corrected chi connectivity index (χ1v) is 6.64. The van der Waals surface area contributed by atoms with Gasteiger partial charge in [-0.3, -0.25) is 5.41 Å². The number of benzene rings is 1. The second kappa shape index (κ2) is 6.27. The van der Waals surface area contributed by atoms with E-state index in [2.05, 4.69) is 15.9 Å². The number of nitrogen functional groups attached to an aromatic ring is 1. The van der Waals surface area contributed by atoms with Gasteiger partial charge < -0.3 is 10.8 Å². The van der Waals surface area contributed by atoms with Crippen molar-refractivity contribution in [3.63, 3.8) is 0 Å². The lowest BCUT2D eigenvalue weighted by Crippen LogP contribution is -2.14. The topological polar surface area (TPSA) is 70.1 Å². The fourth-order valence-corrected chi connectivity index (χ4v) is 3.18. The molecular formula is C11H15BrN2OS. The van der Waals surface area contributed by atoms with Crippen molar-refractivity contribution >= 4 is 33.5 Å². The van der Waals surface area contributed by atoms with Gasteiger partial charge in [0.2, 0.25) is 0 Å². The van der Waals surface area contributed by atoms with E-state index in [1.54, 1.807) is 11.8 Å². The first kappa shape index (κ1) is 13.5. The molecule has 1 atom stereocenters. The molecule has 1 rings (SSSR count). The van der Waals surface area contributed by atoms with Crippen molar-refractivity contribution in [2.75, 3.05) is 6.61 Å². The highest BCUT2D eigenvalue weighted by molar-refractivity contribution is 9.10. The Morgan fingerprint density at radius 2 is 2.31 bits per heavy atom. The van der Waals surface area contributed by atoms with Gasteiger partial charge in [-0.05, 0) is 34.5 Å². The minimum atomic E-state index is 0.0613. The highest BCUT2D eigenvalue weighted by Crippen LogP contribution is 2.32. The number of aliphatic hydroxyl groups excluding tert-OH is 1. The lowest BCUT2D eigenvalue weighted by Gasteiger charge is -2.13. The van der Waals surface area contributed by atoms with Crippen LogP contribution in [0.3, 0.4) is 0 Å². The molecule has 4 N–H and O–H groups in total. The highest BCUT2D eigenvalue weighted by atomic mass is 79.9. The molecule has 88 valence electrons. The Balaban J connectivity index is 2.95. The van der Waals surface area contributed by atoms with Gasteiger partial charge in [0.15, 0.2) is 0 Å². The summed E-state index contributed by atoms with van der Waals surface area (Å²) in [6.45, 7) is 2.23. The van der Waals surface area contributed by atoms with E-state index in [0.717, 1.165) is 21.4 Å². The molecule has 1 aromatic rings. The molecule has 0 saturated carbocycles. The number of nitrogens with one attached hydrogen (secondary N) is 1. The third kappa shape index (κ3) is 3.50. The fraction of sp³-hybridized carbons (Fsp3) is 0.364. The molecule has 0 bridgehead atoms. The van der Waals surface area contributed by atoms with Gasteiger partial charge in [0.05, 0.1) is 0 Å². The second-order valence-electron chi connectivity index (χ2n) is 3.47. The van der Waals surface area contributed by atoms with Crippen molar-refractivity contribution in [1.29, 1.82) is 5.41 Å². The van der Waals surface area contributed by atoms with Crippen molar-refractivity contribution in [3.05, 3.63) is 28.2 Å². The fourth-order valence-electron chi connectivity index (χ4n) is 1.32. The molecule has 3 nitrogen and oxygen atoms in total. The van der Waals surface area contributed by atoms with Crippen molar-refractivity contribution < 1.29 is 5.11 Å². The summed E-state index contributed by atoms with van der Waals surface area (Å²) >= 11 is 5.02. The summed E-state index contributed by atoms with van der Waals surface area (Å²) in [6.07, 6.45) is 0.731. The van der Waals surface area contributed by atoms with Gasteiger partial charge in [-0.15, -0.1) is 11.8 Å². The molecule has 0 aromatic heterocycles. The first-order chi connectivity index (χ1) is 7.56. The maximum absolute atomic E-state index is 8.86. The maximum Gasteiger partial charge on any atom is 0.125 e. The minimum Gasteiger partial charge on any atom is -0.396 e. The molecule has 1 unspecified atom stereocenters. The third-order valence-corrected chi connectivity index (χ3v) is 4.00. The molecule has 0 fully saturated rings. The van der Waals surface area contributed by atoms with Crippen LogP contribution in [0.4, 0.5) is 0 Å². The summed E-state index contributed by atoms with van der Waals surface area (Å²) < 4.78 is 0.834. The molecule has 0 heterocycles. The van der Waals surface area contributed by atoms with Crippen LogP contribution in [0.5, 0.6) is 0 Å². The van der Waals surface area contributed by atoms with Crippen LogP contribution < -0.4 is 5.73 Å². The zero-order chi connectivity index (χ0) is 12.1. The van der Waals surface area contributed by atoms with Gasteiger partial charge in [0.1, 0.15) is 5.84 Å². The Labute approximate surface area is 108 Å². The number of aliphatic hydroxyl groups is 1. The molecule has 0 aliphatic rings. The SMILES string of the molecule is CC(CCO)Sc1cccc(Br)c1C(=N)N. The van der Waals surface area contributed by atoms with Crippen LogP contribution in [0.1, 0.15) is 18.9 Å². The number of halogens is 1. The van der Waals surface area contributed by atoms with Crippen molar-refractivity contribution in [3.8, 4) is 0 Å². The summed E-state index contributed by atoms with van der Waals surface area (Å²) in [5, 5.41) is 16.7. The Bertz CT molecular complexity index is 384. The number of nitrogens with two attached hydrogens (primary N) is 1. The largest absolute Gasteiger partial charge is 0.396 e. The zero-order valence-corrected chi connectivity index (χ0v) is 11.4. The summed E-state index contributed by atoms with van der Waals surface area (Å²) in [4.78, 5) is 0.975. The van der Waals surface area contributed by atoms with Crippen LogP contribution in [-0.2, 0) is 0 Å². The van der Waals surface area contributed by atoms with Crippen molar-refractivity contribution in [2.45, 2.75) is 23.5 Å². The molecule has 0 radical (unpaired) electrons. The van der Waals surface area contributed by atoms with Crippen LogP contribution in [0.2, 0.25) is 0 Å². The predicted octanol–water partition coefficient (Wildman–Crippen LogP) is 2.60. The third-order valence-electron chi connectivity index (χ3n) is 2.11.